The fourth-order valence-corrected chi connectivity index (χ4v) is 6.51. The van der Waals surface area contributed by atoms with Crippen molar-refractivity contribution >= 4 is 33.2 Å². The Morgan fingerprint density at radius 3 is 2.35 bits per heavy atom. The van der Waals surface area contributed by atoms with Crippen molar-refractivity contribution in [3.63, 3.8) is 0 Å². The number of ether oxygens (including phenoxy) is 2. The number of esters is 1. The first-order valence-corrected chi connectivity index (χ1v) is 12.5. The highest BCUT2D eigenvalue weighted by molar-refractivity contribution is 7.89. The van der Waals surface area contributed by atoms with Crippen molar-refractivity contribution in [1.82, 2.24) is 9.21 Å². The fourth-order valence-electron chi connectivity index (χ4n) is 3.72. The maximum Gasteiger partial charge on any atom is 0.350 e. The summed E-state index contributed by atoms with van der Waals surface area (Å²) in [6.07, 6.45) is 0.442. The molecule has 31 heavy (non-hydrogen) atoms. The van der Waals surface area contributed by atoms with E-state index in [2.05, 4.69) is 0 Å². The van der Waals surface area contributed by atoms with Gasteiger partial charge in [-0.3, -0.25) is 4.79 Å². The average molecular weight is 465 g/mol. The van der Waals surface area contributed by atoms with Crippen LogP contribution in [0.2, 0.25) is 0 Å². The van der Waals surface area contributed by atoms with Crippen LogP contribution in [0.4, 0.5) is 0 Å². The maximum absolute atomic E-state index is 13.2. The van der Waals surface area contributed by atoms with Crippen LogP contribution in [0.3, 0.4) is 0 Å². The zero-order valence-corrected chi connectivity index (χ0v) is 18.6. The molecular formula is C21H24N2O6S2. The van der Waals surface area contributed by atoms with Gasteiger partial charge in [0.2, 0.25) is 16.1 Å². The SMILES string of the molecule is O=C(O[C@H](C(=O)N1CCOCC1)c1ccccc1)c1sccc1S(=O)(=O)N1CCCC1. The summed E-state index contributed by atoms with van der Waals surface area (Å²) in [7, 11) is -3.78. The second-order valence-corrected chi connectivity index (χ2v) is 10.2. The molecule has 2 aliphatic rings. The van der Waals surface area contributed by atoms with Gasteiger partial charge in [0.1, 0.15) is 9.77 Å². The van der Waals surface area contributed by atoms with E-state index in [4.69, 9.17) is 9.47 Å². The summed E-state index contributed by atoms with van der Waals surface area (Å²) in [5.41, 5.74) is 0.535. The molecule has 0 saturated carbocycles. The Labute approximate surface area is 185 Å². The molecular weight excluding hydrogens is 440 g/mol. The minimum absolute atomic E-state index is 0.0115. The molecule has 1 aromatic heterocycles. The Balaban J connectivity index is 1.60. The van der Waals surface area contributed by atoms with Crippen LogP contribution in [0.1, 0.15) is 34.2 Å². The molecule has 2 aliphatic heterocycles. The summed E-state index contributed by atoms with van der Waals surface area (Å²) in [5, 5.41) is 1.56. The Kier molecular flexibility index (Phi) is 6.71. The van der Waals surface area contributed by atoms with Gasteiger partial charge in [0.25, 0.3) is 5.91 Å². The lowest BCUT2D eigenvalue weighted by Gasteiger charge is -2.30. The van der Waals surface area contributed by atoms with Crippen molar-refractivity contribution in [2.45, 2.75) is 23.8 Å². The number of carbonyl (C=O) groups excluding carboxylic acids is 2. The van der Waals surface area contributed by atoms with E-state index >= 15 is 0 Å². The lowest BCUT2D eigenvalue weighted by atomic mass is 10.1. The molecule has 0 radical (unpaired) electrons. The topological polar surface area (TPSA) is 93.2 Å². The van der Waals surface area contributed by atoms with Crippen molar-refractivity contribution in [2.75, 3.05) is 39.4 Å². The fraction of sp³-hybridized carbons (Fsp3) is 0.429. The highest BCUT2D eigenvalue weighted by atomic mass is 32.2. The summed E-state index contributed by atoms with van der Waals surface area (Å²) < 4.78 is 38.3. The molecule has 4 rings (SSSR count). The Morgan fingerprint density at radius 1 is 1.00 bits per heavy atom. The quantitative estimate of drug-likeness (QED) is 0.609. The molecule has 2 saturated heterocycles. The number of thiophene rings is 1. The first-order chi connectivity index (χ1) is 15.0. The molecule has 1 amide bonds. The molecule has 0 spiro atoms. The van der Waals surface area contributed by atoms with Crippen LogP contribution < -0.4 is 0 Å². The van der Waals surface area contributed by atoms with Crippen LogP contribution in [0.25, 0.3) is 0 Å². The van der Waals surface area contributed by atoms with Gasteiger partial charge in [-0.2, -0.15) is 4.31 Å². The summed E-state index contributed by atoms with van der Waals surface area (Å²) in [6.45, 7) is 2.54. The van der Waals surface area contributed by atoms with Gasteiger partial charge < -0.3 is 14.4 Å². The van der Waals surface area contributed by atoms with Gasteiger partial charge in [-0.15, -0.1) is 11.3 Å². The second-order valence-electron chi connectivity index (χ2n) is 7.36. The van der Waals surface area contributed by atoms with Crippen molar-refractivity contribution in [3.8, 4) is 0 Å². The van der Waals surface area contributed by atoms with Gasteiger partial charge in [-0.25, -0.2) is 13.2 Å². The minimum atomic E-state index is -3.78. The molecule has 0 unspecified atom stereocenters. The highest BCUT2D eigenvalue weighted by Gasteiger charge is 2.35. The van der Waals surface area contributed by atoms with E-state index in [-0.39, 0.29) is 15.7 Å². The number of sulfonamides is 1. The number of hydrogen-bond donors (Lipinski definition) is 0. The Morgan fingerprint density at radius 2 is 1.68 bits per heavy atom. The molecule has 1 atom stereocenters. The lowest BCUT2D eigenvalue weighted by Crippen LogP contribution is -2.44. The first-order valence-electron chi connectivity index (χ1n) is 10.2. The maximum atomic E-state index is 13.2. The average Bonchev–Trinajstić information content (AvgIpc) is 3.51. The third kappa shape index (κ3) is 4.67. The number of rotatable bonds is 6. The van der Waals surface area contributed by atoms with E-state index in [0.717, 1.165) is 24.2 Å². The summed E-state index contributed by atoms with van der Waals surface area (Å²) in [4.78, 5) is 27.8. The molecule has 8 nitrogen and oxygen atoms in total. The molecule has 3 heterocycles. The van der Waals surface area contributed by atoms with Gasteiger partial charge in [0.15, 0.2) is 0 Å². The number of morpholine rings is 1. The second kappa shape index (κ2) is 9.47. The highest BCUT2D eigenvalue weighted by Crippen LogP contribution is 2.30. The van der Waals surface area contributed by atoms with Gasteiger partial charge in [-0.05, 0) is 24.3 Å². The van der Waals surface area contributed by atoms with Gasteiger partial charge >= 0.3 is 5.97 Å². The molecule has 0 aliphatic carbocycles. The van der Waals surface area contributed by atoms with Crippen molar-refractivity contribution in [1.29, 1.82) is 0 Å². The van der Waals surface area contributed by atoms with Crippen LogP contribution in [0.5, 0.6) is 0 Å². The molecule has 10 heteroatoms. The number of amides is 1. The van der Waals surface area contributed by atoms with Crippen LogP contribution >= 0.6 is 11.3 Å². The monoisotopic (exact) mass is 464 g/mol. The van der Waals surface area contributed by atoms with Crippen LogP contribution in [0.15, 0.2) is 46.7 Å². The van der Waals surface area contributed by atoms with Crippen LogP contribution in [-0.2, 0) is 24.3 Å². The largest absolute Gasteiger partial charge is 0.443 e. The van der Waals surface area contributed by atoms with Gasteiger partial charge in [0.05, 0.1) is 13.2 Å². The van der Waals surface area contributed by atoms with Crippen molar-refractivity contribution < 1.29 is 27.5 Å². The number of hydrogen-bond acceptors (Lipinski definition) is 7. The zero-order valence-electron chi connectivity index (χ0n) is 16.9. The minimum Gasteiger partial charge on any atom is -0.443 e. The summed E-state index contributed by atoms with van der Waals surface area (Å²) in [5.74, 6) is -1.16. The summed E-state index contributed by atoms with van der Waals surface area (Å²) in [6, 6.07) is 10.2. The molecule has 0 N–H and O–H groups in total. The summed E-state index contributed by atoms with van der Waals surface area (Å²) >= 11 is 1.00. The lowest BCUT2D eigenvalue weighted by molar-refractivity contribution is -0.145. The van der Waals surface area contributed by atoms with E-state index in [0.29, 0.717) is 45.0 Å². The predicted octanol–water partition coefficient (Wildman–Crippen LogP) is 2.29. The molecule has 2 fully saturated rings. The zero-order chi connectivity index (χ0) is 21.8. The molecule has 0 bridgehead atoms. The van der Waals surface area contributed by atoms with Crippen molar-refractivity contribution in [2.24, 2.45) is 0 Å². The number of benzene rings is 1. The molecule has 1 aromatic carbocycles. The normalized spacial score (nSPS) is 18.6. The number of nitrogens with zero attached hydrogens (tertiary/aromatic N) is 2. The van der Waals surface area contributed by atoms with Crippen LogP contribution in [-0.4, -0.2) is 68.9 Å². The predicted molar refractivity (Wildman–Crippen MR) is 114 cm³/mol. The molecule has 166 valence electrons. The smallest absolute Gasteiger partial charge is 0.350 e. The molecule has 2 aromatic rings. The van der Waals surface area contributed by atoms with Gasteiger partial charge in [0, 0.05) is 31.7 Å². The third-order valence-electron chi connectivity index (χ3n) is 5.37. The van der Waals surface area contributed by atoms with E-state index in [9.17, 15) is 18.0 Å². The van der Waals surface area contributed by atoms with E-state index in [1.165, 1.54) is 10.4 Å². The Hall–Kier alpha value is -2.27. The van der Waals surface area contributed by atoms with E-state index in [1.54, 1.807) is 34.5 Å². The van der Waals surface area contributed by atoms with E-state index < -0.39 is 22.1 Å². The third-order valence-corrected chi connectivity index (χ3v) is 8.34. The Bertz CT molecular complexity index is 1030. The number of carbonyl (C=O) groups is 2. The van der Waals surface area contributed by atoms with Gasteiger partial charge in [-0.1, -0.05) is 30.3 Å². The van der Waals surface area contributed by atoms with Crippen molar-refractivity contribution in [3.05, 3.63) is 52.2 Å². The van der Waals surface area contributed by atoms with Crippen LogP contribution in [0, 0.1) is 0 Å². The van der Waals surface area contributed by atoms with E-state index in [1.807, 2.05) is 6.07 Å². The standard InChI is InChI=1S/C21H24N2O6S2/c24-20(22-11-13-28-14-12-22)18(16-6-2-1-3-7-16)29-21(25)19-17(8-15-30-19)31(26,27)23-9-4-5-10-23/h1-3,6-8,15,18H,4-5,9-14H2/t18-/m0/s1. The first kappa shape index (κ1) is 21.9.